The fourth-order valence-corrected chi connectivity index (χ4v) is 2.46. The van der Waals surface area contributed by atoms with Crippen molar-refractivity contribution in [3.05, 3.63) is 0 Å². The third-order valence-electron chi connectivity index (χ3n) is 3.75. The summed E-state index contributed by atoms with van der Waals surface area (Å²) in [6.45, 7) is 11.8. The third-order valence-corrected chi connectivity index (χ3v) is 3.75. The van der Waals surface area contributed by atoms with Crippen LogP contribution in [-0.2, 0) is 0 Å². The van der Waals surface area contributed by atoms with Crippen LogP contribution in [0.3, 0.4) is 0 Å². The van der Waals surface area contributed by atoms with Crippen LogP contribution in [0.2, 0.25) is 0 Å². The smallest absolute Gasteiger partial charge is 0.0240 e. The van der Waals surface area contributed by atoms with Crippen LogP contribution >= 0.6 is 0 Å². The van der Waals surface area contributed by atoms with E-state index in [1.165, 1.54) is 32.4 Å². The lowest BCUT2D eigenvalue weighted by atomic mass is 9.86. The number of likely N-dealkylation sites (tertiary alicyclic amines) is 1. The zero-order valence-electron chi connectivity index (χ0n) is 11.1. The largest absolute Gasteiger partial charge is 0.315 e. The number of hydrogen-bond acceptors (Lipinski definition) is 2. The van der Waals surface area contributed by atoms with Crippen LogP contribution in [0.25, 0.3) is 0 Å². The number of hydrogen-bond donors (Lipinski definition) is 1. The van der Waals surface area contributed by atoms with Gasteiger partial charge >= 0.3 is 0 Å². The van der Waals surface area contributed by atoms with Crippen LogP contribution in [0.1, 0.15) is 47.0 Å². The van der Waals surface area contributed by atoms with Crippen molar-refractivity contribution in [1.29, 1.82) is 0 Å². The molecule has 15 heavy (non-hydrogen) atoms. The predicted molar refractivity (Wildman–Crippen MR) is 67.2 cm³/mol. The maximum Gasteiger partial charge on any atom is 0.0240 e. The number of likely N-dealkylation sites (N-methyl/N-ethyl adjacent to an activating group) is 1. The van der Waals surface area contributed by atoms with Gasteiger partial charge in [-0.1, -0.05) is 27.2 Å². The van der Waals surface area contributed by atoms with Crippen molar-refractivity contribution in [1.82, 2.24) is 10.2 Å². The van der Waals surface area contributed by atoms with Crippen LogP contribution in [0.5, 0.6) is 0 Å². The summed E-state index contributed by atoms with van der Waals surface area (Å²) in [6.07, 6.45) is 4.17. The monoisotopic (exact) mass is 212 g/mol. The lowest BCUT2D eigenvalue weighted by Crippen LogP contribution is -2.50. The van der Waals surface area contributed by atoms with Crippen molar-refractivity contribution in [3.63, 3.8) is 0 Å². The molecule has 0 bridgehead atoms. The molecule has 1 rings (SSSR count). The standard InChI is InChI=1S/C13H28N2/c1-11-8-6-7-9-15(11)10-12(14-5)13(2,3)4/h11-12,14H,6-10H2,1-5H3. The molecule has 0 radical (unpaired) electrons. The van der Waals surface area contributed by atoms with Gasteiger partial charge in [-0.15, -0.1) is 0 Å². The molecule has 2 unspecified atom stereocenters. The van der Waals surface area contributed by atoms with Crippen molar-refractivity contribution < 1.29 is 0 Å². The van der Waals surface area contributed by atoms with Crippen molar-refractivity contribution >= 4 is 0 Å². The van der Waals surface area contributed by atoms with E-state index in [1.54, 1.807) is 0 Å². The fourth-order valence-electron chi connectivity index (χ4n) is 2.46. The van der Waals surface area contributed by atoms with E-state index >= 15 is 0 Å². The summed E-state index contributed by atoms with van der Waals surface area (Å²) in [5, 5.41) is 3.47. The van der Waals surface area contributed by atoms with Gasteiger partial charge in [-0.2, -0.15) is 0 Å². The number of piperidine rings is 1. The van der Waals surface area contributed by atoms with Gasteiger partial charge in [-0.3, -0.25) is 4.90 Å². The molecule has 1 heterocycles. The molecule has 1 saturated heterocycles. The van der Waals surface area contributed by atoms with E-state index in [1.807, 2.05) is 0 Å². The molecule has 0 saturated carbocycles. The van der Waals surface area contributed by atoms with E-state index in [4.69, 9.17) is 0 Å². The van der Waals surface area contributed by atoms with Crippen LogP contribution in [0.15, 0.2) is 0 Å². The van der Waals surface area contributed by atoms with Gasteiger partial charge < -0.3 is 5.32 Å². The highest BCUT2D eigenvalue weighted by Gasteiger charge is 2.27. The Labute approximate surface area is 95.4 Å². The van der Waals surface area contributed by atoms with Crippen LogP contribution < -0.4 is 5.32 Å². The van der Waals surface area contributed by atoms with Gasteiger partial charge in [0.15, 0.2) is 0 Å². The summed E-state index contributed by atoms with van der Waals surface area (Å²) in [7, 11) is 2.09. The summed E-state index contributed by atoms with van der Waals surface area (Å²) in [5.41, 5.74) is 0.353. The second kappa shape index (κ2) is 5.31. The Morgan fingerprint density at radius 1 is 1.33 bits per heavy atom. The molecule has 2 atom stereocenters. The van der Waals surface area contributed by atoms with Gasteiger partial charge in [0.2, 0.25) is 0 Å². The molecule has 0 spiro atoms. The zero-order valence-corrected chi connectivity index (χ0v) is 11.1. The topological polar surface area (TPSA) is 15.3 Å². The molecule has 0 amide bonds. The molecule has 0 aromatic heterocycles. The van der Waals surface area contributed by atoms with Gasteiger partial charge in [0, 0.05) is 18.6 Å². The highest BCUT2D eigenvalue weighted by Crippen LogP contribution is 2.23. The van der Waals surface area contributed by atoms with Crippen molar-refractivity contribution in [2.24, 2.45) is 5.41 Å². The maximum atomic E-state index is 3.47. The maximum absolute atomic E-state index is 3.47. The van der Waals surface area contributed by atoms with Gasteiger partial charge in [0.05, 0.1) is 0 Å². The van der Waals surface area contributed by atoms with Crippen LogP contribution in [0, 0.1) is 5.41 Å². The SMILES string of the molecule is CNC(CN1CCCCC1C)C(C)(C)C. The molecule has 1 fully saturated rings. The average Bonchev–Trinajstić information content (AvgIpc) is 2.14. The van der Waals surface area contributed by atoms with E-state index in [9.17, 15) is 0 Å². The van der Waals surface area contributed by atoms with Gasteiger partial charge in [-0.05, 0) is 38.8 Å². The Balaban J connectivity index is 2.50. The molecule has 0 aromatic carbocycles. The Bertz CT molecular complexity index is 183. The molecule has 0 aromatic rings. The summed E-state index contributed by atoms with van der Waals surface area (Å²) in [5.74, 6) is 0. The molecule has 2 heteroatoms. The van der Waals surface area contributed by atoms with E-state index < -0.39 is 0 Å². The van der Waals surface area contributed by atoms with E-state index in [-0.39, 0.29) is 0 Å². The first-order valence-electron chi connectivity index (χ1n) is 6.36. The number of nitrogens with one attached hydrogen (secondary N) is 1. The first-order valence-corrected chi connectivity index (χ1v) is 6.36. The summed E-state index contributed by atoms with van der Waals surface area (Å²) in [4.78, 5) is 2.65. The molecule has 1 N–H and O–H groups in total. The van der Waals surface area contributed by atoms with Gasteiger partial charge in [0.1, 0.15) is 0 Å². The Kier molecular flexibility index (Phi) is 4.60. The van der Waals surface area contributed by atoms with E-state index in [0.717, 1.165) is 6.04 Å². The minimum absolute atomic E-state index is 0.353. The minimum Gasteiger partial charge on any atom is -0.315 e. The lowest BCUT2D eigenvalue weighted by molar-refractivity contribution is 0.115. The second-order valence-corrected chi connectivity index (χ2v) is 6.05. The van der Waals surface area contributed by atoms with Crippen molar-refractivity contribution in [2.75, 3.05) is 20.1 Å². The van der Waals surface area contributed by atoms with Gasteiger partial charge in [0.25, 0.3) is 0 Å². The van der Waals surface area contributed by atoms with Crippen molar-refractivity contribution in [2.45, 2.75) is 59.0 Å². The second-order valence-electron chi connectivity index (χ2n) is 6.05. The summed E-state index contributed by atoms with van der Waals surface area (Å²) < 4.78 is 0. The quantitative estimate of drug-likeness (QED) is 0.773. The molecule has 90 valence electrons. The third kappa shape index (κ3) is 3.76. The first-order chi connectivity index (χ1) is 6.95. The fraction of sp³-hybridized carbons (Fsp3) is 1.00. The molecule has 2 nitrogen and oxygen atoms in total. The highest BCUT2D eigenvalue weighted by atomic mass is 15.2. The molecular formula is C13H28N2. The van der Waals surface area contributed by atoms with Crippen molar-refractivity contribution in [3.8, 4) is 0 Å². The molecule has 0 aliphatic carbocycles. The average molecular weight is 212 g/mol. The number of rotatable bonds is 3. The first kappa shape index (κ1) is 13.0. The van der Waals surface area contributed by atoms with E-state index in [2.05, 4.69) is 45.0 Å². The Hall–Kier alpha value is -0.0800. The van der Waals surface area contributed by atoms with Crippen LogP contribution in [-0.4, -0.2) is 37.1 Å². The molecule has 1 aliphatic heterocycles. The minimum atomic E-state index is 0.353. The lowest BCUT2D eigenvalue weighted by Gasteiger charge is -2.40. The normalized spacial score (nSPS) is 26.6. The van der Waals surface area contributed by atoms with E-state index in [0.29, 0.717) is 11.5 Å². The van der Waals surface area contributed by atoms with Crippen LogP contribution in [0.4, 0.5) is 0 Å². The highest BCUT2D eigenvalue weighted by molar-refractivity contribution is 4.85. The molecular weight excluding hydrogens is 184 g/mol. The summed E-state index contributed by atoms with van der Waals surface area (Å²) in [6, 6.07) is 1.37. The molecule has 1 aliphatic rings. The predicted octanol–water partition coefficient (Wildman–Crippen LogP) is 2.49. The Morgan fingerprint density at radius 2 is 2.00 bits per heavy atom. The Morgan fingerprint density at radius 3 is 2.47 bits per heavy atom. The zero-order chi connectivity index (χ0) is 11.5. The summed E-state index contributed by atoms with van der Waals surface area (Å²) >= 11 is 0. The number of nitrogens with zero attached hydrogens (tertiary/aromatic N) is 1. The van der Waals surface area contributed by atoms with Gasteiger partial charge in [-0.25, -0.2) is 0 Å².